The van der Waals surface area contributed by atoms with Gasteiger partial charge in [-0.05, 0) is 36.4 Å². The van der Waals surface area contributed by atoms with E-state index in [1.165, 1.54) is 10.9 Å². The molecule has 3 aromatic rings. The molecule has 0 unspecified atom stereocenters. The lowest BCUT2D eigenvalue weighted by atomic mass is 10.2. The van der Waals surface area contributed by atoms with Crippen molar-refractivity contribution in [2.75, 3.05) is 6.54 Å². The van der Waals surface area contributed by atoms with Crippen molar-refractivity contribution in [2.45, 2.75) is 6.42 Å². The second-order valence-electron chi connectivity index (χ2n) is 6.16. The Balaban J connectivity index is 1.45. The number of hydrogen-bond donors (Lipinski definition) is 4. The Morgan fingerprint density at radius 2 is 1.67 bits per heavy atom. The van der Waals surface area contributed by atoms with Crippen molar-refractivity contribution in [1.29, 1.82) is 0 Å². The van der Waals surface area contributed by atoms with Crippen molar-refractivity contribution in [2.24, 2.45) is 0 Å². The summed E-state index contributed by atoms with van der Waals surface area (Å²) < 4.78 is 1.35. The maximum atomic E-state index is 12.2. The molecule has 2 aromatic carbocycles. The zero-order chi connectivity index (χ0) is 21.5. The second-order valence-corrected chi connectivity index (χ2v) is 6.59. The number of aromatic hydroxyl groups is 1. The molecule has 0 aliphatic heterocycles. The number of aromatic nitrogens is 2. The van der Waals surface area contributed by atoms with E-state index in [0.717, 1.165) is 0 Å². The zero-order valence-corrected chi connectivity index (χ0v) is 16.4. The van der Waals surface area contributed by atoms with Crippen molar-refractivity contribution in [1.82, 2.24) is 25.9 Å². The number of nitrogens with zero attached hydrogens (tertiary/aromatic N) is 2. The van der Waals surface area contributed by atoms with Crippen LogP contribution in [-0.4, -0.2) is 39.2 Å². The van der Waals surface area contributed by atoms with Crippen LogP contribution in [0.15, 0.2) is 60.8 Å². The zero-order valence-electron chi connectivity index (χ0n) is 15.6. The van der Waals surface area contributed by atoms with E-state index in [1.54, 1.807) is 48.5 Å². The molecule has 0 fully saturated rings. The lowest BCUT2D eigenvalue weighted by molar-refractivity contribution is -0.121. The molecule has 0 bridgehead atoms. The minimum absolute atomic E-state index is 0.0654. The quantitative estimate of drug-likeness (QED) is 0.446. The van der Waals surface area contributed by atoms with Gasteiger partial charge in [-0.2, -0.15) is 5.10 Å². The summed E-state index contributed by atoms with van der Waals surface area (Å²) in [4.78, 5) is 36.0. The predicted octanol–water partition coefficient (Wildman–Crippen LogP) is 1.81. The van der Waals surface area contributed by atoms with Crippen LogP contribution in [0.3, 0.4) is 0 Å². The van der Waals surface area contributed by atoms with Gasteiger partial charge < -0.3 is 10.4 Å². The highest BCUT2D eigenvalue weighted by Crippen LogP contribution is 2.17. The third-order valence-electron chi connectivity index (χ3n) is 3.99. The fourth-order valence-corrected chi connectivity index (χ4v) is 2.61. The Morgan fingerprint density at radius 3 is 2.37 bits per heavy atom. The van der Waals surface area contributed by atoms with Crippen molar-refractivity contribution in [3.8, 4) is 11.4 Å². The van der Waals surface area contributed by atoms with Gasteiger partial charge in [-0.3, -0.25) is 25.2 Å². The van der Waals surface area contributed by atoms with E-state index < -0.39 is 11.8 Å². The number of benzene rings is 2. The Kier molecular flexibility index (Phi) is 6.66. The van der Waals surface area contributed by atoms with Crippen LogP contribution in [0.4, 0.5) is 0 Å². The Bertz CT molecular complexity index is 1050. The van der Waals surface area contributed by atoms with E-state index in [0.29, 0.717) is 16.3 Å². The Labute approximate surface area is 176 Å². The number of hydrazine groups is 1. The van der Waals surface area contributed by atoms with Crippen LogP contribution in [0.1, 0.15) is 27.3 Å². The maximum Gasteiger partial charge on any atom is 0.294 e. The summed E-state index contributed by atoms with van der Waals surface area (Å²) in [5.74, 6) is -1.98. The second kappa shape index (κ2) is 9.57. The van der Waals surface area contributed by atoms with E-state index in [1.807, 2.05) is 6.07 Å². The summed E-state index contributed by atoms with van der Waals surface area (Å²) in [7, 11) is 0. The van der Waals surface area contributed by atoms with E-state index in [-0.39, 0.29) is 30.3 Å². The summed E-state index contributed by atoms with van der Waals surface area (Å²) in [5, 5.41) is 17.1. The minimum Gasteiger partial charge on any atom is -0.504 e. The largest absolute Gasteiger partial charge is 0.504 e. The maximum absolute atomic E-state index is 12.2. The van der Waals surface area contributed by atoms with Gasteiger partial charge in [0.15, 0.2) is 11.4 Å². The van der Waals surface area contributed by atoms with Gasteiger partial charge in [-0.1, -0.05) is 29.8 Å². The molecular formula is C20H18ClN5O4. The number of carbonyl (C=O) groups is 3. The molecule has 10 heteroatoms. The topological polar surface area (TPSA) is 125 Å². The SMILES string of the molecule is O=C(CCNC(=O)c1ccc(Cl)cc1)NNC(=O)c1nn(-c2ccccc2)cc1O. The first kappa shape index (κ1) is 20.9. The molecule has 1 aromatic heterocycles. The van der Waals surface area contributed by atoms with Crippen LogP contribution in [-0.2, 0) is 4.79 Å². The number of amides is 3. The van der Waals surface area contributed by atoms with Crippen LogP contribution in [0.5, 0.6) is 5.75 Å². The molecule has 154 valence electrons. The van der Waals surface area contributed by atoms with Crippen LogP contribution in [0.2, 0.25) is 5.02 Å². The number of carbonyl (C=O) groups excluding carboxylic acids is 3. The molecule has 0 spiro atoms. The lowest BCUT2D eigenvalue weighted by Crippen LogP contribution is -2.43. The van der Waals surface area contributed by atoms with Gasteiger partial charge in [0.25, 0.3) is 11.8 Å². The number of hydrogen-bond acceptors (Lipinski definition) is 5. The average Bonchev–Trinajstić information content (AvgIpc) is 3.15. The summed E-state index contributed by atoms with van der Waals surface area (Å²) in [6, 6.07) is 15.2. The summed E-state index contributed by atoms with van der Waals surface area (Å²) >= 11 is 5.77. The number of rotatable bonds is 6. The van der Waals surface area contributed by atoms with Crippen molar-refractivity contribution < 1.29 is 19.5 Å². The third kappa shape index (κ3) is 5.36. The minimum atomic E-state index is -0.777. The van der Waals surface area contributed by atoms with Gasteiger partial charge >= 0.3 is 0 Å². The smallest absolute Gasteiger partial charge is 0.294 e. The average molecular weight is 428 g/mol. The van der Waals surface area contributed by atoms with Gasteiger partial charge in [0.05, 0.1) is 11.9 Å². The highest BCUT2D eigenvalue weighted by atomic mass is 35.5. The summed E-state index contributed by atoms with van der Waals surface area (Å²) in [6.07, 6.45) is 1.22. The first-order valence-electron chi connectivity index (χ1n) is 8.91. The van der Waals surface area contributed by atoms with Gasteiger partial charge in [0.1, 0.15) is 0 Å². The number of halogens is 1. The molecule has 4 N–H and O–H groups in total. The van der Waals surface area contributed by atoms with Crippen molar-refractivity contribution in [3.05, 3.63) is 77.1 Å². The standard InChI is InChI=1S/C20H18ClN5O4/c21-14-8-6-13(7-9-14)19(29)22-11-10-17(28)23-24-20(30)18-16(27)12-26(25-18)15-4-2-1-3-5-15/h1-9,12,27H,10-11H2,(H,22,29)(H,23,28)(H,24,30). The molecule has 1 heterocycles. The van der Waals surface area contributed by atoms with E-state index in [2.05, 4.69) is 21.3 Å². The highest BCUT2D eigenvalue weighted by Gasteiger charge is 2.17. The molecule has 0 saturated heterocycles. The first-order chi connectivity index (χ1) is 14.4. The van der Waals surface area contributed by atoms with Gasteiger partial charge in [-0.15, -0.1) is 0 Å². The predicted molar refractivity (Wildman–Crippen MR) is 109 cm³/mol. The molecule has 0 aliphatic carbocycles. The number of nitrogens with one attached hydrogen (secondary N) is 3. The first-order valence-corrected chi connectivity index (χ1v) is 9.29. The molecular weight excluding hydrogens is 410 g/mol. The normalized spacial score (nSPS) is 10.3. The summed E-state index contributed by atoms with van der Waals surface area (Å²) in [5.41, 5.74) is 5.22. The van der Waals surface area contributed by atoms with Gasteiger partial charge in [-0.25, -0.2) is 4.68 Å². The molecule has 0 saturated carbocycles. The van der Waals surface area contributed by atoms with Crippen LogP contribution < -0.4 is 16.2 Å². The molecule has 0 aliphatic rings. The van der Waals surface area contributed by atoms with E-state index >= 15 is 0 Å². The highest BCUT2D eigenvalue weighted by molar-refractivity contribution is 6.30. The lowest BCUT2D eigenvalue weighted by Gasteiger charge is -2.07. The number of para-hydroxylation sites is 1. The molecule has 9 nitrogen and oxygen atoms in total. The third-order valence-corrected chi connectivity index (χ3v) is 4.24. The van der Waals surface area contributed by atoms with Crippen molar-refractivity contribution in [3.63, 3.8) is 0 Å². The molecule has 0 radical (unpaired) electrons. The van der Waals surface area contributed by atoms with Crippen LogP contribution in [0, 0.1) is 0 Å². The molecule has 3 rings (SSSR count). The van der Waals surface area contributed by atoms with Crippen molar-refractivity contribution >= 4 is 29.3 Å². The van der Waals surface area contributed by atoms with E-state index in [9.17, 15) is 19.5 Å². The fourth-order valence-electron chi connectivity index (χ4n) is 2.48. The van der Waals surface area contributed by atoms with E-state index in [4.69, 9.17) is 11.6 Å². The Hall–Kier alpha value is -3.85. The Morgan fingerprint density at radius 1 is 0.967 bits per heavy atom. The molecule has 0 atom stereocenters. The molecule has 30 heavy (non-hydrogen) atoms. The van der Waals surface area contributed by atoms with Crippen LogP contribution in [0.25, 0.3) is 5.69 Å². The van der Waals surface area contributed by atoms with Crippen LogP contribution >= 0.6 is 11.6 Å². The fraction of sp³-hybridized carbons (Fsp3) is 0.100. The van der Waals surface area contributed by atoms with Gasteiger partial charge in [0.2, 0.25) is 5.91 Å². The summed E-state index contributed by atoms with van der Waals surface area (Å²) in [6.45, 7) is 0.0665. The molecule has 3 amide bonds. The van der Waals surface area contributed by atoms with Gasteiger partial charge in [0, 0.05) is 23.6 Å². The monoisotopic (exact) mass is 427 g/mol.